The predicted octanol–water partition coefficient (Wildman–Crippen LogP) is 3.63. The zero-order chi connectivity index (χ0) is 15.2. The van der Waals surface area contributed by atoms with Crippen molar-refractivity contribution in [1.82, 2.24) is 0 Å². The van der Waals surface area contributed by atoms with Crippen LogP contribution in [0.3, 0.4) is 0 Å². The molecular formula is C16H14F2O3. The molecule has 3 nitrogen and oxygen atoms in total. The molecule has 0 spiro atoms. The molecule has 2 aromatic carbocycles. The summed E-state index contributed by atoms with van der Waals surface area (Å²) in [6.45, 7) is 1.74. The average molecular weight is 292 g/mol. The molecule has 2 rings (SSSR count). The lowest BCUT2D eigenvalue weighted by Gasteiger charge is -2.10. The number of carbonyl (C=O) groups is 1. The number of carbonyl (C=O) groups excluding carboxylic acids is 1. The van der Waals surface area contributed by atoms with Crippen LogP contribution in [0.15, 0.2) is 42.5 Å². The first-order valence-corrected chi connectivity index (χ1v) is 6.45. The van der Waals surface area contributed by atoms with Crippen LogP contribution in [0.5, 0.6) is 11.5 Å². The van der Waals surface area contributed by atoms with Gasteiger partial charge in [-0.3, -0.25) is 4.79 Å². The van der Waals surface area contributed by atoms with Crippen molar-refractivity contribution in [2.24, 2.45) is 0 Å². The van der Waals surface area contributed by atoms with Crippen LogP contribution in [0.2, 0.25) is 0 Å². The number of hydrogen-bond donors (Lipinski definition) is 0. The number of benzene rings is 2. The molecule has 0 fully saturated rings. The van der Waals surface area contributed by atoms with E-state index in [-0.39, 0.29) is 0 Å². The van der Waals surface area contributed by atoms with Crippen LogP contribution in [0.1, 0.15) is 17.3 Å². The van der Waals surface area contributed by atoms with Crippen LogP contribution < -0.4 is 9.47 Å². The molecule has 2 aromatic rings. The molecular weight excluding hydrogens is 278 g/mol. The number of para-hydroxylation sites is 2. The number of rotatable bonds is 6. The van der Waals surface area contributed by atoms with Crippen molar-refractivity contribution in [1.29, 1.82) is 0 Å². The van der Waals surface area contributed by atoms with Gasteiger partial charge in [0.1, 0.15) is 5.75 Å². The molecule has 0 aromatic heterocycles. The Morgan fingerprint density at radius 1 is 1.00 bits per heavy atom. The van der Waals surface area contributed by atoms with Crippen molar-refractivity contribution in [3.8, 4) is 11.5 Å². The monoisotopic (exact) mass is 292 g/mol. The molecule has 0 radical (unpaired) electrons. The molecule has 0 heterocycles. The molecule has 0 unspecified atom stereocenters. The van der Waals surface area contributed by atoms with E-state index in [0.717, 1.165) is 12.1 Å². The van der Waals surface area contributed by atoms with Crippen LogP contribution in [0.4, 0.5) is 8.78 Å². The highest BCUT2D eigenvalue weighted by atomic mass is 19.1. The SMILES string of the molecule is CCOc1ccccc1C(=O)COc1c(F)cccc1F. The summed E-state index contributed by atoms with van der Waals surface area (Å²) in [5.41, 5.74) is 0.316. The third kappa shape index (κ3) is 3.56. The molecule has 21 heavy (non-hydrogen) atoms. The fourth-order valence-corrected chi connectivity index (χ4v) is 1.81. The highest BCUT2D eigenvalue weighted by Gasteiger charge is 2.15. The summed E-state index contributed by atoms with van der Waals surface area (Å²) < 4.78 is 37.1. The smallest absolute Gasteiger partial charge is 0.203 e. The topological polar surface area (TPSA) is 35.5 Å². The second-order valence-corrected chi connectivity index (χ2v) is 4.19. The number of ether oxygens (including phenoxy) is 2. The second kappa shape index (κ2) is 6.83. The largest absolute Gasteiger partial charge is 0.493 e. The molecule has 0 atom stereocenters. The van der Waals surface area contributed by atoms with E-state index >= 15 is 0 Å². The van der Waals surface area contributed by atoms with Crippen LogP contribution in [0.25, 0.3) is 0 Å². The van der Waals surface area contributed by atoms with E-state index < -0.39 is 29.8 Å². The Bertz CT molecular complexity index is 621. The molecule has 0 aliphatic rings. The molecule has 5 heteroatoms. The van der Waals surface area contributed by atoms with Crippen LogP contribution >= 0.6 is 0 Å². The van der Waals surface area contributed by atoms with Crippen molar-refractivity contribution < 1.29 is 23.0 Å². The lowest BCUT2D eigenvalue weighted by molar-refractivity contribution is 0.0912. The van der Waals surface area contributed by atoms with Gasteiger partial charge in [-0.05, 0) is 31.2 Å². The van der Waals surface area contributed by atoms with Crippen molar-refractivity contribution in [3.63, 3.8) is 0 Å². The van der Waals surface area contributed by atoms with Gasteiger partial charge in [0, 0.05) is 0 Å². The van der Waals surface area contributed by atoms with Gasteiger partial charge >= 0.3 is 0 Å². The molecule has 0 bridgehead atoms. The van der Waals surface area contributed by atoms with E-state index in [0.29, 0.717) is 17.9 Å². The van der Waals surface area contributed by atoms with Gasteiger partial charge in [-0.25, -0.2) is 8.78 Å². The van der Waals surface area contributed by atoms with Gasteiger partial charge < -0.3 is 9.47 Å². The Balaban J connectivity index is 2.12. The van der Waals surface area contributed by atoms with E-state index in [2.05, 4.69) is 0 Å². The highest BCUT2D eigenvalue weighted by molar-refractivity contribution is 5.99. The summed E-state index contributed by atoms with van der Waals surface area (Å²) in [6.07, 6.45) is 0. The third-order valence-electron chi connectivity index (χ3n) is 2.75. The second-order valence-electron chi connectivity index (χ2n) is 4.19. The number of hydrogen-bond acceptors (Lipinski definition) is 3. The van der Waals surface area contributed by atoms with Crippen molar-refractivity contribution in [3.05, 3.63) is 59.7 Å². The molecule has 110 valence electrons. The minimum Gasteiger partial charge on any atom is -0.493 e. The van der Waals surface area contributed by atoms with E-state index in [1.165, 1.54) is 6.07 Å². The zero-order valence-corrected chi connectivity index (χ0v) is 11.4. The minimum atomic E-state index is -0.846. The lowest BCUT2D eigenvalue weighted by atomic mass is 10.1. The van der Waals surface area contributed by atoms with Crippen molar-refractivity contribution in [2.75, 3.05) is 13.2 Å². The van der Waals surface area contributed by atoms with Gasteiger partial charge in [-0.15, -0.1) is 0 Å². The van der Waals surface area contributed by atoms with E-state index in [9.17, 15) is 13.6 Å². The maximum atomic E-state index is 13.4. The maximum Gasteiger partial charge on any atom is 0.203 e. The van der Waals surface area contributed by atoms with E-state index in [1.807, 2.05) is 0 Å². The highest BCUT2D eigenvalue weighted by Crippen LogP contribution is 2.22. The van der Waals surface area contributed by atoms with Gasteiger partial charge in [0.05, 0.1) is 12.2 Å². The number of Topliss-reactive ketones (excluding diaryl/α,β-unsaturated/α-hetero) is 1. The van der Waals surface area contributed by atoms with Crippen molar-refractivity contribution in [2.45, 2.75) is 6.92 Å². The Kier molecular flexibility index (Phi) is 4.87. The predicted molar refractivity (Wildman–Crippen MR) is 73.8 cm³/mol. The molecule has 0 aliphatic heterocycles. The standard InChI is InChI=1S/C16H14F2O3/c1-2-20-15-9-4-3-6-11(15)14(19)10-21-16-12(17)7-5-8-13(16)18/h3-9H,2,10H2,1H3. The van der Waals surface area contributed by atoms with Gasteiger partial charge in [0.15, 0.2) is 24.0 Å². The Morgan fingerprint density at radius 2 is 1.67 bits per heavy atom. The zero-order valence-electron chi connectivity index (χ0n) is 11.4. The average Bonchev–Trinajstić information content (AvgIpc) is 2.47. The summed E-state index contributed by atoms with van der Waals surface area (Å²) in [4.78, 5) is 12.1. The molecule has 0 N–H and O–H groups in total. The quantitative estimate of drug-likeness (QED) is 0.763. The van der Waals surface area contributed by atoms with Crippen LogP contribution in [-0.4, -0.2) is 19.0 Å². The van der Waals surface area contributed by atoms with Crippen LogP contribution in [-0.2, 0) is 0 Å². The first-order valence-electron chi connectivity index (χ1n) is 6.45. The van der Waals surface area contributed by atoms with Gasteiger partial charge in [0.25, 0.3) is 0 Å². The normalized spacial score (nSPS) is 10.2. The minimum absolute atomic E-state index is 0.316. The molecule has 0 aliphatic carbocycles. The molecule has 0 amide bonds. The van der Waals surface area contributed by atoms with Gasteiger partial charge in [-0.1, -0.05) is 18.2 Å². The Labute approximate surface area is 121 Å². The lowest BCUT2D eigenvalue weighted by Crippen LogP contribution is -2.14. The number of ketones is 1. The first kappa shape index (κ1) is 15.0. The third-order valence-corrected chi connectivity index (χ3v) is 2.75. The Morgan fingerprint density at radius 3 is 2.33 bits per heavy atom. The fraction of sp³-hybridized carbons (Fsp3) is 0.188. The summed E-state index contributed by atoms with van der Waals surface area (Å²) in [5.74, 6) is -2.24. The molecule has 0 saturated carbocycles. The van der Waals surface area contributed by atoms with Gasteiger partial charge in [0.2, 0.25) is 5.78 Å². The first-order chi connectivity index (χ1) is 10.1. The van der Waals surface area contributed by atoms with Crippen molar-refractivity contribution >= 4 is 5.78 Å². The summed E-state index contributed by atoms with van der Waals surface area (Å²) >= 11 is 0. The van der Waals surface area contributed by atoms with Gasteiger partial charge in [-0.2, -0.15) is 0 Å². The summed E-state index contributed by atoms with van der Waals surface area (Å²) in [7, 11) is 0. The fourth-order valence-electron chi connectivity index (χ4n) is 1.81. The summed E-state index contributed by atoms with van der Waals surface area (Å²) in [6, 6.07) is 10.0. The maximum absolute atomic E-state index is 13.4. The Hall–Kier alpha value is -2.43. The summed E-state index contributed by atoms with van der Waals surface area (Å²) in [5, 5.41) is 0. The van der Waals surface area contributed by atoms with E-state index in [4.69, 9.17) is 9.47 Å². The number of halogens is 2. The molecule has 0 saturated heterocycles. The van der Waals surface area contributed by atoms with E-state index in [1.54, 1.807) is 31.2 Å². The van der Waals surface area contributed by atoms with Crippen LogP contribution in [0, 0.1) is 11.6 Å².